The molecule has 5 nitrogen and oxygen atoms in total. The Morgan fingerprint density at radius 3 is 2.50 bits per heavy atom. The number of carbonyl (C=O) groups is 1. The number of aromatic nitrogens is 3. The lowest BCUT2D eigenvalue weighted by molar-refractivity contribution is -0.115. The summed E-state index contributed by atoms with van der Waals surface area (Å²) in [5.74, 6) is -0.0795. The summed E-state index contributed by atoms with van der Waals surface area (Å²) in [7, 11) is 0. The van der Waals surface area contributed by atoms with E-state index in [0.717, 1.165) is 50.2 Å². The third-order valence-corrected chi connectivity index (χ3v) is 5.56. The Hall–Kier alpha value is -4.25. The number of H-pyrrole nitrogens is 1. The lowest BCUT2D eigenvalue weighted by Crippen LogP contribution is -2.16. The first-order valence-electron chi connectivity index (χ1n) is 10.5. The molecule has 1 amide bonds. The number of hydrogen-bond donors (Lipinski definition) is 2. The third kappa shape index (κ3) is 3.88. The van der Waals surface area contributed by atoms with Crippen molar-refractivity contribution in [3.63, 3.8) is 0 Å². The van der Waals surface area contributed by atoms with Gasteiger partial charge in [0.1, 0.15) is 0 Å². The SMILES string of the molecule is Cc1nc2ccccc2c(-c2ccccc2)c1CC(=O)Nc1cccc(-c2ccn[nH]2)c1. The van der Waals surface area contributed by atoms with Crippen molar-refractivity contribution in [2.45, 2.75) is 13.3 Å². The van der Waals surface area contributed by atoms with E-state index in [1.165, 1.54) is 0 Å². The number of hydrogen-bond acceptors (Lipinski definition) is 3. The molecular weight excluding hydrogens is 396 g/mol. The molecule has 156 valence electrons. The van der Waals surface area contributed by atoms with Crippen molar-refractivity contribution in [2.75, 3.05) is 5.32 Å². The molecule has 5 heteroatoms. The van der Waals surface area contributed by atoms with Gasteiger partial charge >= 0.3 is 0 Å². The van der Waals surface area contributed by atoms with E-state index >= 15 is 0 Å². The second kappa shape index (κ2) is 8.47. The van der Waals surface area contributed by atoms with Gasteiger partial charge in [0.2, 0.25) is 5.91 Å². The van der Waals surface area contributed by atoms with E-state index in [1.54, 1.807) is 6.20 Å². The van der Waals surface area contributed by atoms with Crippen LogP contribution in [0.15, 0.2) is 91.1 Å². The molecule has 0 aliphatic carbocycles. The van der Waals surface area contributed by atoms with E-state index < -0.39 is 0 Å². The Morgan fingerprint density at radius 1 is 0.906 bits per heavy atom. The van der Waals surface area contributed by atoms with E-state index in [-0.39, 0.29) is 12.3 Å². The fourth-order valence-corrected chi connectivity index (χ4v) is 4.07. The molecule has 0 fully saturated rings. The van der Waals surface area contributed by atoms with Gasteiger partial charge in [-0.2, -0.15) is 5.10 Å². The number of carbonyl (C=O) groups excluding carboxylic acids is 1. The zero-order valence-electron chi connectivity index (χ0n) is 17.7. The van der Waals surface area contributed by atoms with E-state index in [4.69, 9.17) is 4.98 Å². The highest BCUT2D eigenvalue weighted by molar-refractivity contribution is 6.00. The lowest BCUT2D eigenvalue weighted by atomic mass is 9.92. The zero-order valence-corrected chi connectivity index (χ0v) is 17.7. The van der Waals surface area contributed by atoms with E-state index in [1.807, 2.05) is 73.7 Å². The highest BCUT2D eigenvalue weighted by Crippen LogP contribution is 2.33. The molecular formula is C27H22N4O. The second-order valence-electron chi connectivity index (χ2n) is 7.71. The normalized spacial score (nSPS) is 10.9. The van der Waals surface area contributed by atoms with Crippen LogP contribution in [0.4, 0.5) is 5.69 Å². The smallest absolute Gasteiger partial charge is 0.228 e. The van der Waals surface area contributed by atoms with Gasteiger partial charge in [0.25, 0.3) is 0 Å². The summed E-state index contributed by atoms with van der Waals surface area (Å²) in [5.41, 5.74) is 7.50. The number of aryl methyl sites for hydroxylation is 1. The minimum atomic E-state index is -0.0795. The number of nitrogens with zero attached hydrogens (tertiary/aromatic N) is 2. The average molecular weight is 419 g/mol. The maximum absolute atomic E-state index is 13.1. The molecule has 0 unspecified atom stereocenters. The van der Waals surface area contributed by atoms with Gasteiger partial charge in [-0.05, 0) is 47.9 Å². The topological polar surface area (TPSA) is 70.7 Å². The number of rotatable bonds is 5. The summed E-state index contributed by atoms with van der Waals surface area (Å²) >= 11 is 0. The van der Waals surface area contributed by atoms with Gasteiger partial charge in [-0.15, -0.1) is 0 Å². The lowest BCUT2D eigenvalue weighted by Gasteiger charge is -2.16. The van der Waals surface area contributed by atoms with Crippen molar-refractivity contribution in [2.24, 2.45) is 0 Å². The van der Waals surface area contributed by atoms with E-state index in [9.17, 15) is 4.79 Å². The van der Waals surface area contributed by atoms with Gasteiger partial charge in [-0.3, -0.25) is 14.9 Å². The molecule has 0 aliphatic rings. The minimum absolute atomic E-state index is 0.0795. The monoisotopic (exact) mass is 418 g/mol. The molecule has 5 rings (SSSR count). The van der Waals surface area contributed by atoms with Crippen molar-refractivity contribution in [1.82, 2.24) is 15.2 Å². The van der Waals surface area contributed by atoms with Crippen molar-refractivity contribution in [3.8, 4) is 22.4 Å². The highest BCUT2D eigenvalue weighted by Gasteiger charge is 2.17. The molecule has 0 saturated heterocycles. The Morgan fingerprint density at radius 2 is 1.69 bits per heavy atom. The first kappa shape index (κ1) is 19.7. The van der Waals surface area contributed by atoms with Gasteiger partial charge in [-0.25, -0.2) is 0 Å². The van der Waals surface area contributed by atoms with Crippen LogP contribution in [0.3, 0.4) is 0 Å². The summed E-state index contributed by atoms with van der Waals surface area (Å²) in [6, 6.07) is 27.9. The molecule has 2 aromatic heterocycles. The largest absolute Gasteiger partial charge is 0.326 e. The van der Waals surface area contributed by atoms with Gasteiger partial charge in [0, 0.05) is 28.5 Å². The van der Waals surface area contributed by atoms with E-state index in [0.29, 0.717) is 0 Å². The Kier molecular flexibility index (Phi) is 5.22. The van der Waals surface area contributed by atoms with Gasteiger partial charge in [0.15, 0.2) is 0 Å². The first-order valence-corrected chi connectivity index (χ1v) is 10.5. The third-order valence-electron chi connectivity index (χ3n) is 5.56. The van der Waals surface area contributed by atoms with Crippen LogP contribution in [-0.2, 0) is 11.2 Å². The number of pyridine rings is 1. The number of para-hydroxylation sites is 1. The van der Waals surface area contributed by atoms with Crippen molar-refractivity contribution < 1.29 is 4.79 Å². The van der Waals surface area contributed by atoms with Crippen LogP contribution in [0, 0.1) is 6.92 Å². The molecule has 0 atom stereocenters. The van der Waals surface area contributed by atoms with E-state index in [2.05, 4.69) is 33.7 Å². The maximum atomic E-state index is 13.1. The van der Waals surface area contributed by atoms with Crippen molar-refractivity contribution in [1.29, 1.82) is 0 Å². The summed E-state index contributed by atoms with van der Waals surface area (Å²) in [6.07, 6.45) is 1.95. The number of nitrogens with one attached hydrogen (secondary N) is 2. The van der Waals surface area contributed by atoms with Crippen LogP contribution in [0.1, 0.15) is 11.3 Å². The van der Waals surface area contributed by atoms with Gasteiger partial charge in [-0.1, -0.05) is 60.7 Å². The number of anilines is 1. The average Bonchev–Trinajstić information content (AvgIpc) is 3.35. The Bertz CT molecular complexity index is 1390. The first-order chi connectivity index (χ1) is 15.7. The number of benzene rings is 3. The summed E-state index contributed by atoms with van der Waals surface area (Å²) in [6.45, 7) is 1.97. The van der Waals surface area contributed by atoms with Crippen LogP contribution >= 0.6 is 0 Å². The van der Waals surface area contributed by atoms with Gasteiger partial charge < -0.3 is 5.32 Å². The molecule has 0 spiro atoms. The Labute approximate surface area is 186 Å². The fourth-order valence-electron chi connectivity index (χ4n) is 4.07. The predicted octanol–water partition coefficient (Wildman–Crippen LogP) is 5.78. The highest BCUT2D eigenvalue weighted by atomic mass is 16.1. The van der Waals surface area contributed by atoms with Crippen LogP contribution in [0.2, 0.25) is 0 Å². The fraction of sp³-hybridized carbons (Fsp3) is 0.0741. The van der Waals surface area contributed by atoms with Crippen LogP contribution in [-0.4, -0.2) is 21.1 Å². The second-order valence-corrected chi connectivity index (χ2v) is 7.71. The van der Waals surface area contributed by atoms with Crippen molar-refractivity contribution in [3.05, 3.63) is 102 Å². The molecule has 32 heavy (non-hydrogen) atoms. The molecule has 5 aromatic rings. The number of fused-ring (bicyclic) bond motifs is 1. The molecule has 0 aliphatic heterocycles. The molecule has 3 aromatic carbocycles. The molecule has 2 heterocycles. The standard InChI is InChI=1S/C27H22N4O/c1-18-23(17-26(32)30-21-11-7-10-20(16-21)24-14-15-28-31-24)27(19-8-3-2-4-9-19)22-12-5-6-13-25(22)29-18/h2-16H,17H2,1H3,(H,28,31)(H,30,32). The maximum Gasteiger partial charge on any atom is 0.228 e. The van der Waals surface area contributed by atoms with Crippen LogP contribution < -0.4 is 5.32 Å². The number of amides is 1. The van der Waals surface area contributed by atoms with Crippen molar-refractivity contribution >= 4 is 22.5 Å². The summed E-state index contributed by atoms with van der Waals surface area (Å²) in [5, 5.41) is 11.0. The predicted molar refractivity (Wildman–Crippen MR) is 128 cm³/mol. The summed E-state index contributed by atoms with van der Waals surface area (Å²) < 4.78 is 0. The minimum Gasteiger partial charge on any atom is -0.326 e. The molecule has 0 saturated carbocycles. The Balaban J connectivity index is 1.50. The quantitative estimate of drug-likeness (QED) is 0.380. The molecule has 2 N–H and O–H groups in total. The number of aromatic amines is 1. The zero-order chi connectivity index (χ0) is 21.9. The van der Waals surface area contributed by atoms with Crippen LogP contribution in [0.5, 0.6) is 0 Å². The molecule has 0 radical (unpaired) electrons. The van der Waals surface area contributed by atoms with Gasteiger partial charge in [0.05, 0.1) is 17.6 Å². The van der Waals surface area contributed by atoms with Crippen LogP contribution in [0.25, 0.3) is 33.3 Å². The molecule has 0 bridgehead atoms. The summed E-state index contributed by atoms with van der Waals surface area (Å²) in [4.78, 5) is 17.9.